The van der Waals surface area contributed by atoms with Gasteiger partial charge in [0, 0.05) is 0 Å². The molecule has 7 heteroatoms. The van der Waals surface area contributed by atoms with Crippen LogP contribution < -0.4 is 0 Å². The van der Waals surface area contributed by atoms with E-state index in [9.17, 15) is 20.4 Å². The molecule has 6 atom stereocenters. The zero-order valence-corrected chi connectivity index (χ0v) is 9.22. The molecule has 0 unspecified atom stereocenters. The van der Waals surface area contributed by atoms with Crippen molar-refractivity contribution in [3.05, 3.63) is 12.7 Å². The Morgan fingerprint density at radius 2 is 1.88 bits per heavy atom. The molecule has 0 aliphatic carbocycles. The van der Waals surface area contributed by atoms with Gasteiger partial charge in [-0.3, -0.25) is 0 Å². The first-order valence-electron chi connectivity index (χ1n) is 5.24. The summed E-state index contributed by atoms with van der Waals surface area (Å²) in [5, 5.41) is 46.9. The van der Waals surface area contributed by atoms with E-state index in [-0.39, 0.29) is 6.61 Å². The van der Waals surface area contributed by atoms with E-state index >= 15 is 0 Å². The Balaban J connectivity index is 2.71. The first-order valence-corrected chi connectivity index (χ1v) is 5.24. The molecule has 0 aromatic rings. The first kappa shape index (κ1) is 14.5. The van der Waals surface area contributed by atoms with E-state index in [1.807, 2.05) is 0 Å². The van der Waals surface area contributed by atoms with E-state index in [0.717, 1.165) is 0 Å². The van der Waals surface area contributed by atoms with Crippen LogP contribution in [0.5, 0.6) is 0 Å². The maximum absolute atomic E-state index is 9.57. The second-order valence-electron chi connectivity index (χ2n) is 3.81. The van der Waals surface area contributed by atoms with Crippen LogP contribution in [0.4, 0.5) is 0 Å². The maximum Gasteiger partial charge on any atom is 0.187 e. The van der Waals surface area contributed by atoms with Gasteiger partial charge in [-0.25, -0.2) is 0 Å². The summed E-state index contributed by atoms with van der Waals surface area (Å²) in [7, 11) is 0. The Kier molecular flexibility index (Phi) is 5.47. The van der Waals surface area contributed by atoms with Crippen molar-refractivity contribution in [1.82, 2.24) is 0 Å². The fraction of sp³-hybridized carbons (Fsp3) is 0.800. The molecule has 1 heterocycles. The largest absolute Gasteiger partial charge is 0.394 e. The predicted molar refractivity (Wildman–Crippen MR) is 55.9 cm³/mol. The van der Waals surface area contributed by atoms with E-state index in [4.69, 9.17) is 14.6 Å². The lowest BCUT2D eigenvalue weighted by Crippen LogP contribution is -2.61. The molecule has 1 rings (SSSR count). The van der Waals surface area contributed by atoms with Gasteiger partial charge < -0.3 is 35.0 Å². The van der Waals surface area contributed by atoms with Crippen molar-refractivity contribution in [1.29, 1.82) is 0 Å². The summed E-state index contributed by atoms with van der Waals surface area (Å²) in [5.41, 5.74) is 0. The van der Waals surface area contributed by atoms with Crippen molar-refractivity contribution >= 4 is 0 Å². The van der Waals surface area contributed by atoms with Crippen LogP contribution in [0.25, 0.3) is 0 Å². The monoisotopic (exact) mass is 250 g/mol. The Hall–Kier alpha value is -0.540. The molecule has 7 nitrogen and oxygen atoms in total. The molecule has 0 aromatic heterocycles. The van der Waals surface area contributed by atoms with Gasteiger partial charge in [0.15, 0.2) is 6.29 Å². The Labute approximate surface area is 98.5 Å². The van der Waals surface area contributed by atoms with Crippen LogP contribution in [0.3, 0.4) is 0 Å². The zero-order valence-electron chi connectivity index (χ0n) is 9.22. The van der Waals surface area contributed by atoms with Crippen LogP contribution >= 0.6 is 0 Å². The van der Waals surface area contributed by atoms with Gasteiger partial charge in [-0.15, -0.1) is 6.58 Å². The fourth-order valence-electron chi connectivity index (χ4n) is 1.60. The average Bonchev–Trinajstić information content (AvgIpc) is 2.34. The van der Waals surface area contributed by atoms with Crippen LogP contribution in [-0.4, -0.2) is 75.6 Å². The second-order valence-corrected chi connectivity index (χ2v) is 3.81. The molecule has 0 aromatic carbocycles. The van der Waals surface area contributed by atoms with Crippen LogP contribution in [0.1, 0.15) is 0 Å². The number of aliphatic hydroxyl groups excluding tert-OH is 5. The molecule has 5 N–H and O–H groups in total. The lowest BCUT2D eigenvalue weighted by atomic mass is 9.95. The van der Waals surface area contributed by atoms with Gasteiger partial charge in [-0.05, 0) is 0 Å². The predicted octanol–water partition coefficient (Wildman–Crippen LogP) is -2.65. The minimum absolute atomic E-state index is 0.0759. The van der Waals surface area contributed by atoms with E-state index in [2.05, 4.69) is 6.58 Å². The number of aliphatic hydroxyl groups is 5. The number of ether oxygens (including phenoxy) is 2. The molecule has 0 saturated carbocycles. The third-order valence-corrected chi connectivity index (χ3v) is 2.55. The van der Waals surface area contributed by atoms with Crippen LogP contribution in [-0.2, 0) is 9.47 Å². The Morgan fingerprint density at radius 3 is 2.41 bits per heavy atom. The molecule has 1 aliphatic rings. The molecule has 1 saturated heterocycles. The van der Waals surface area contributed by atoms with E-state index in [1.54, 1.807) is 0 Å². The summed E-state index contributed by atoms with van der Waals surface area (Å²) in [6, 6.07) is 0. The fourth-order valence-corrected chi connectivity index (χ4v) is 1.60. The summed E-state index contributed by atoms with van der Waals surface area (Å²) in [4.78, 5) is 0. The molecule has 1 fully saturated rings. The highest BCUT2D eigenvalue weighted by Gasteiger charge is 2.46. The van der Waals surface area contributed by atoms with Crippen LogP contribution in [0, 0.1) is 0 Å². The molecule has 0 radical (unpaired) electrons. The minimum atomic E-state index is -1.52. The quantitative estimate of drug-likeness (QED) is 0.338. The smallest absolute Gasteiger partial charge is 0.187 e. The molecular formula is C10H18O7. The van der Waals surface area contributed by atoms with Crippen molar-refractivity contribution in [2.75, 3.05) is 13.2 Å². The SMILES string of the molecule is C=CCO[C@H]1O[C@H]([C@@H](O)CO)[C@@H](O)[C@H](O)[C@@H]1O. The Bertz CT molecular complexity index is 247. The number of hydrogen-bond donors (Lipinski definition) is 5. The normalized spacial score (nSPS) is 39.9. The zero-order chi connectivity index (χ0) is 13.0. The maximum atomic E-state index is 9.57. The highest BCUT2D eigenvalue weighted by Crippen LogP contribution is 2.24. The van der Waals surface area contributed by atoms with Gasteiger partial charge >= 0.3 is 0 Å². The summed E-state index contributed by atoms with van der Waals surface area (Å²) in [6.07, 6.45) is -6.84. The van der Waals surface area contributed by atoms with Crippen molar-refractivity contribution in [3.63, 3.8) is 0 Å². The van der Waals surface area contributed by atoms with E-state index < -0.39 is 43.4 Å². The highest BCUT2D eigenvalue weighted by molar-refractivity contribution is 4.92. The summed E-state index contributed by atoms with van der Waals surface area (Å²) in [6.45, 7) is 2.85. The van der Waals surface area contributed by atoms with Gasteiger partial charge in [-0.2, -0.15) is 0 Å². The second kappa shape index (κ2) is 6.41. The molecular weight excluding hydrogens is 232 g/mol. The standard InChI is InChI=1S/C10H18O7/c1-2-3-16-10-8(15)6(13)7(14)9(17-10)5(12)4-11/h2,5-15H,1,3-4H2/t5-,6-,7-,8-,9+,10-/m0/s1. The van der Waals surface area contributed by atoms with Crippen molar-refractivity contribution in [3.8, 4) is 0 Å². The van der Waals surface area contributed by atoms with Crippen LogP contribution in [0.2, 0.25) is 0 Å². The summed E-state index contributed by atoms with van der Waals surface area (Å²) < 4.78 is 10.1. The van der Waals surface area contributed by atoms with Crippen molar-refractivity contribution < 1.29 is 35.0 Å². The lowest BCUT2D eigenvalue weighted by Gasteiger charge is -2.41. The summed E-state index contributed by atoms with van der Waals surface area (Å²) >= 11 is 0. The molecule has 0 spiro atoms. The lowest BCUT2D eigenvalue weighted by molar-refractivity contribution is -0.309. The van der Waals surface area contributed by atoms with E-state index in [0.29, 0.717) is 0 Å². The van der Waals surface area contributed by atoms with E-state index in [1.165, 1.54) is 6.08 Å². The van der Waals surface area contributed by atoms with Crippen molar-refractivity contribution in [2.24, 2.45) is 0 Å². The number of hydrogen-bond acceptors (Lipinski definition) is 7. The van der Waals surface area contributed by atoms with Gasteiger partial charge in [0.25, 0.3) is 0 Å². The third kappa shape index (κ3) is 3.23. The molecule has 0 bridgehead atoms. The van der Waals surface area contributed by atoms with Gasteiger partial charge in [-0.1, -0.05) is 6.08 Å². The van der Waals surface area contributed by atoms with Crippen molar-refractivity contribution in [2.45, 2.75) is 36.8 Å². The average molecular weight is 250 g/mol. The Morgan fingerprint density at radius 1 is 1.24 bits per heavy atom. The molecule has 0 amide bonds. The third-order valence-electron chi connectivity index (χ3n) is 2.55. The molecule has 100 valence electrons. The molecule has 1 aliphatic heterocycles. The first-order chi connectivity index (χ1) is 8.02. The topological polar surface area (TPSA) is 120 Å². The molecule has 17 heavy (non-hydrogen) atoms. The highest BCUT2D eigenvalue weighted by atomic mass is 16.7. The summed E-state index contributed by atoms with van der Waals surface area (Å²) in [5.74, 6) is 0. The van der Waals surface area contributed by atoms with Crippen LogP contribution in [0.15, 0.2) is 12.7 Å². The number of rotatable bonds is 5. The van der Waals surface area contributed by atoms with Gasteiger partial charge in [0.1, 0.15) is 30.5 Å². The minimum Gasteiger partial charge on any atom is -0.394 e. The van der Waals surface area contributed by atoms with Gasteiger partial charge in [0.2, 0.25) is 0 Å². The van der Waals surface area contributed by atoms with Gasteiger partial charge in [0.05, 0.1) is 13.2 Å².